The predicted molar refractivity (Wildman–Crippen MR) is 152 cm³/mol. The van der Waals surface area contributed by atoms with Crippen LogP contribution in [0.1, 0.15) is 23.8 Å². The summed E-state index contributed by atoms with van der Waals surface area (Å²) in [4.78, 5) is 42.9. The smallest absolute Gasteiger partial charge is 0.247 e. The molecule has 0 unspecified atom stereocenters. The van der Waals surface area contributed by atoms with Gasteiger partial charge in [0.15, 0.2) is 11.6 Å². The number of nitrogens with zero attached hydrogens (tertiary/aromatic N) is 3. The van der Waals surface area contributed by atoms with Gasteiger partial charge in [0.05, 0.1) is 22.8 Å². The van der Waals surface area contributed by atoms with Gasteiger partial charge in [-0.2, -0.15) is 5.10 Å². The molecule has 1 aliphatic rings. The third-order valence-corrected chi connectivity index (χ3v) is 7.77. The first-order valence-electron chi connectivity index (χ1n) is 13.0. The molecular weight excluding hydrogens is 552 g/mol. The van der Waals surface area contributed by atoms with Crippen LogP contribution in [-0.4, -0.2) is 56.0 Å². The van der Waals surface area contributed by atoms with E-state index in [1.165, 1.54) is 17.7 Å². The lowest BCUT2D eigenvalue weighted by molar-refractivity contribution is -0.137. The molecule has 2 atom stereocenters. The van der Waals surface area contributed by atoms with Crippen LogP contribution < -0.4 is 5.32 Å². The second kappa shape index (κ2) is 10.4. The number of likely N-dealkylation sites (tertiary alicyclic amines) is 1. The zero-order chi connectivity index (χ0) is 28.8. The Morgan fingerprint density at radius 1 is 1.05 bits per heavy atom. The largest absolute Gasteiger partial charge is 0.361 e. The molecule has 0 saturated carbocycles. The molecular formula is C30H24ClF2N5O3. The molecule has 8 nitrogen and oxygen atoms in total. The van der Waals surface area contributed by atoms with Crippen molar-refractivity contribution in [1.29, 1.82) is 0 Å². The number of fused-ring (bicyclic) bond motifs is 2. The number of rotatable bonds is 6. The van der Waals surface area contributed by atoms with Crippen LogP contribution in [0.4, 0.5) is 14.5 Å². The number of ketones is 1. The summed E-state index contributed by atoms with van der Waals surface area (Å²) in [6.45, 7) is 0.801. The Bertz CT molecular complexity index is 1850. The number of Topliss-reactive ketones (excluding diaryl/α,β-unsaturated/α-hetero) is 1. The van der Waals surface area contributed by atoms with Gasteiger partial charge in [0.1, 0.15) is 24.5 Å². The van der Waals surface area contributed by atoms with E-state index in [1.54, 1.807) is 60.8 Å². The van der Waals surface area contributed by atoms with Crippen LogP contribution in [-0.2, 0) is 16.1 Å². The molecule has 6 rings (SSSR count). The minimum atomic E-state index is -1.43. The quantitative estimate of drug-likeness (QED) is 0.252. The average Bonchev–Trinajstić information content (AvgIpc) is 3.68. The van der Waals surface area contributed by atoms with E-state index in [2.05, 4.69) is 15.4 Å². The summed E-state index contributed by atoms with van der Waals surface area (Å²) in [5, 5.41) is 8.52. The summed E-state index contributed by atoms with van der Waals surface area (Å²) in [7, 11) is 0. The molecule has 41 heavy (non-hydrogen) atoms. The van der Waals surface area contributed by atoms with Crippen molar-refractivity contribution in [2.45, 2.75) is 32.1 Å². The number of amides is 2. The molecule has 0 bridgehead atoms. The predicted octanol–water partition coefficient (Wildman–Crippen LogP) is 5.76. The van der Waals surface area contributed by atoms with E-state index in [4.69, 9.17) is 11.6 Å². The number of H-pyrrole nitrogens is 1. The number of hydrogen-bond donors (Lipinski definition) is 2. The van der Waals surface area contributed by atoms with Gasteiger partial charge in [-0.3, -0.25) is 19.1 Å². The van der Waals surface area contributed by atoms with E-state index in [9.17, 15) is 18.8 Å². The highest BCUT2D eigenvalue weighted by Gasteiger charge is 2.40. The molecule has 1 saturated heterocycles. The Balaban J connectivity index is 1.24. The first-order valence-corrected chi connectivity index (χ1v) is 13.4. The topological polar surface area (TPSA) is 100 Å². The van der Waals surface area contributed by atoms with Crippen molar-refractivity contribution >= 4 is 56.7 Å². The Morgan fingerprint density at radius 3 is 2.66 bits per heavy atom. The summed E-state index contributed by atoms with van der Waals surface area (Å²) < 4.78 is 31.6. The van der Waals surface area contributed by atoms with E-state index in [0.717, 1.165) is 15.8 Å². The SMILES string of the molecule is CC(=O)c1nn(CC(=O)N2C[C@H](F)C[C@H]2C(=O)Nc2cccc(-c3ccc4[nH]ccc4c3Cl)c2F)c2ccccc12. The van der Waals surface area contributed by atoms with Crippen LogP contribution in [0, 0.1) is 5.82 Å². The highest BCUT2D eigenvalue weighted by atomic mass is 35.5. The number of halogens is 3. The second-order valence-corrected chi connectivity index (χ2v) is 10.4. The Hall–Kier alpha value is -4.57. The maximum Gasteiger partial charge on any atom is 0.247 e. The number of hydrogen-bond acceptors (Lipinski definition) is 4. The monoisotopic (exact) mass is 575 g/mol. The first kappa shape index (κ1) is 26.6. The highest BCUT2D eigenvalue weighted by molar-refractivity contribution is 6.38. The van der Waals surface area contributed by atoms with Gasteiger partial charge >= 0.3 is 0 Å². The van der Waals surface area contributed by atoms with E-state index in [1.807, 2.05) is 0 Å². The molecule has 2 N–H and O–H groups in total. The number of aromatic amines is 1. The summed E-state index contributed by atoms with van der Waals surface area (Å²) in [5.74, 6) is -2.22. The number of benzene rings is 3. The zero-order valence-corrected chi connectivity index (χ0v) is 22.6. The lowest BCUT2D eigenvalue weighted by Gasteiger charge is -2.24. The number of para-hydroxylation sites is 1. The zero-order valence-electron chi connectivity index (χ0n) is 21.8. The average molecular weight is 576 g/mol. The molecule has 208 valence electrons. The van der Waals surface area contributed by atoms with Crippen molar-refractivity contribution in [1.82, 2.24) is 19.7 Å². The van der Waals surface area contributed by atoms with Crippen molar-refractivity contribution in [3.8, 4) is 11.1 Å². The summed E-state index contributed by atoms with van der Waals surface area (Å²) >= 11 is 6.56. The van der Waals surface area contributed by atoms with Gasteiger partial charge in [-0.25, -0.2) is 8.78 Å². The molecule has 0 radical (unpaired) electrons. The number of aromatic nitrogens is 3. The fourth-order valence-electron chi connectivity index (χ4n) is 5.39. The Labute approximate surface area is 237 Å². The van der Waals surface area contributed by atoms with E-state index >= 15 is 4.39 Å². The van der Waals surface area contributed by atoms with Crippen molar-refractivity contribution in [2.75, 3.05) is 11.9 Å². The fourth-order valence-corrected chi connectivity index (χ4v) is 5.72. The van der Waals surface area contributed by atoms with Gasteiger partial charge in [0.2, 0.25) is 11.8 Å². The van der Waals surface area contributed by atoms with E-state index in [-0.39, 0.29) is 42.2 Å². The third-order valence-electron chi connectivity index (χ3n) is 7.36. The van der Waals surface area contributed by atoms with E-state index in [0.29, 0.717) is 21.5 Å². The molecule has 2 amide bonds. The molecule has 2 aromatic heterocycles. The minimum absolute atomic E-state index is 0.114. The lowest BCUT2D eigenvalue weighted by atomic mass is 10.0. The Morgan fingerprint density at radius 2 is 1.85 bits per heavy atom. The molecule has 0 spiro atoms. The number of carbonyl (C=O) groups is 3. The van der Waals surface area contributed by atoms with Crippen molar-refractivity contribution in [2.24, 2.45) is 0 Å². The van der Waals surface area contributed by atoms with Crippen LogP contribution in [0.15, 0.2) is 66.9 Å². The number of alkyl halides is 1. The molecule has 11 heteroatoms. The number of carbonyl (C=O) groups excluding carboxylic acids is 3. The van der Waals surface area contributed by atoms with Crippen molar-refractivity contribution in [3.05, 3.63) is 83.4 Å². The first-order chi connectivity index (χ1) is 19.7. The third kappa shape index (κ3) is 4.74. The van der Waals surface area contributed by atoms with Gasteiger partial charge in [-0.15, -0.1) is 0 Å². The van der Waals surface area contributed by atoms with Gasteiger partial charge in [-0.1, -0.05) is 48.0 Å². The molecule has 3 heterocycles. The standard InChI is InChI=1S/C30H24ClF2N5O3/c1-16(39)29-21-5-2-3-8-24(21)38(36-29)15-26(40)37-14-17(32)13-25(37)30(41)35-23-7-4-6-19(28(23)33)18-9-10-22-20(27(18)31)11-12-34-22/h2-12,17,25,34H,13-15H2,1H3,(H,35,41)/t17-,25+/m1/s1. The number of anilines is 1. The van der Waals surface area contributed by atoms with Gasteiger partial charge in [-0.05, 0) is 24.3 Å². The van der Waals surface area contributed by atoms with Crippen LogP contribution >= 0.6 is 11.6 Å². The van der Waals surface area contributed by atoms with Crippen LogP contribution in [0.5, 0.6) is 0 Å². The molecule has 0 aliphatic carbocycles. The maximum atomic E-state index is 15.7. The number of nitrogens with one attached hydrogen (secondary N) is 2. The summed E-state index contributed by atoms with van der Waals surface area (Å²) in [6, 6.07) is 15.6. The molecule has 5 aromatic rings. The maximum absolute atomic E-state index is 15.7. The molecule has 1 aliphatic heterocycles. The van der Waals surface area contributed by atoms with E-state index < -0.39 is 29.8 Å². The van der Waals surface area contributed by atoms with Gasteiger partial charge < -0.3 is 15.2 Å². The summed E-state index contributed by atoms with van der Waals surface area (Å²) in [5.41, 5.74) is 2.11. The fraction of sp³-hybridized carbons (Fsp3) is 0.200. The second-order valence-electron chi connectivity index (χ2n) is 10.00. The van der Waals surface area contributed by atoms with Crippen LogP contribution in [0.25, 0.3) is 32.9 Å². The molecule has 3 aromatic carbocycles. The normalized spacial score (nSPS) is 16.9. The minimum Gasteiger partial charge on any atom is -0.361 e. The van der Waals surface area contributed by atoms with Crippen molar-refractivity contribution in [3.63, 3.8) is 0 Å². The van der Waals surface area contributed by atoms with Crippen LogP contribution in [0.2, 0.25) is 5.02 Å². The van der Waals surface area contributed by atoms with Gasteiger partial charge in [0, 0.05) is 47.0 Å². The van der Waals surface area contributed by atoms with Gasteiger partial charge in [0.25, 0.3) is 0 Å². The summed E-state index contributed by atoms with van der Waals surface area (Å²) in [6.07, 6.45) is 0.0739. The van der Waals surface area contributed by atoms with Crippen molar-refractivity contribution < 1.29 is 23.2 Å². The lowest BCUT2D eigenvalue weighted by Crippen LogP contribution is -2.44. The molecule has 1 fully saturated rings. The Kier molecular flexibility index (Phi) is 6.78. The highest BCUT2D eigenvalue weighted by Crippen LogP contribution is 2.37. The van der Waals surface area contributed by atoms with Crippen LogP contribution in [0.3, 0.4) is 0 Å².